The summed E-state index contributed by atoms with van der Waals surface area (Å²) >= 11 is 0. The third-order valence-electron chi connectivity index (χ3n) is 5.39. The van der Waals surface area contributed by atoms with Gasteiger partial charge < -0.3 is 20.1 Å². The first-order chi connectivity index (χ1) is 13.1. The summed E-state index contributed by atoms with van der Waals surface area (Å²) in [6.45, 7) is 1.30. The minimum atomic E-state index is -0.444. The molecule has 0 radical (unpaired) electrons. The van der Waals surface area contributed by atoms with E-state index in [9.17, 15) is 14.4 Å². The summed E-state index contributed by atoms with van der Waals surface area (Å²) in [4.78, 5) is 41.9. The van der Waals surface area contributed by atoms with Gasteiger partial charge in [-0.15, -0.1) is 0 Å². The Hall–Kier alpha value is -2.45. The van der Waals surface area contributed by atoms with Crippen LogP contribution in [0.4, 0.5) is 0 Å². The van der Waals surface area contributed by atoms with Crippen molar-refractivity contribution in [2.75, 3.05) is 20.1 Å². The molecule has 1 aromatic rings. The van der Waals surface area contributed by atoms with Crippen LogP contribution < -0.4 is 10.6 Å². The fraction of sp³-hybridized carbons (Fsp3) is 0.722. The summed E-state index contributed by atoms with van der Waals surface area (Å²) in [6, 6.07) is 0. The van der Waals surface area contributed by atoms with E-state index >= 15 is 0 Å². The molecule has 27 heavy (non-hydrogen) atoms. The van der Waals surface area contributed by atoms with Gasteiger partial charge >= 0.3 is 0 Å². The Labute approximate surface area is 158 Å². The predicted molar refractivity (Wildman–Crippen MR) is 95.4 cm³/mol. The van der Waals surface area contributed by atoms with Crippen molar-refractivity contribution in [3.05, 3.63) is 11.7 Å². The number of nitrogens with zero attached hydrogens (tertiary/aromatic N) is 3. The zero-order valence-electron chi connectivity index (χ0n) is 15.7. The molecule has 2 fully saturated rings. The number of piperidine rings is 1. The highest BCUT2D eigenvalue weighted by molar-refractivity contribution is 5.89. The van der Waals surface area contributed by atoms with Gasteiger partial charge in [0, 0.05) is 26.6 Å². The van der Waals surface area contributed by atoms with Gasteiger partial charge in [0.2, 0.25) is 17.7 Å². The van der Waals surface area contributed by atoms with Crippen LogP contribution in [0.1, 0.15) is 61.5 Å². The van der Waals surface area contributed by atoms with Crippen LogP contribution in [0.3, 0.4) is 0 Å². The Balaban J connectivity index is 1.49. The highest BCUT2D eigenvalue weighted by atomic mass is 16.5. The van der Waals surface area contributed by atoms with Crippen LogP contribution in [0.2, 0.25) is 0 Å². The molecule has 0 bridgehead atoms. The van der Waals surface area contributed by atoms with Gasteiger partial charge in [0.1, 0.15) is 0 Å². The lowest BCUT2D eigenvalue weighted by atomic mass is 9.87. The smallest absolute Gasteiger partial charge is 0.292 e. The number of aromatic nitrogens is 2. The Bertz CT molecular complexity index is 683. The molecule has 1 aliphatic carbocycles. The summed E-state index contributed by atoms with van der Waals surface area (Å²) < 4.78 is 4.96. The Morgan fingerprint density at radius 3 is 2.74 bits per heavy atom. The van der Waals surface area contributed by atoms with E-state index in [1.165, 1.54) is 39.2 Å². The van der Waals surface area contributed by atoms with Gasteiger partial charge in [0.15, 0.2) is 0 Å². The number of likely N-dealkylation sites (tertiary alicyclic amines) is 1. The fourth-order valence-corrected chi connectivity index (χ4v) is 3.82. The summed E-state index contributed by atoms with van der Waals surface area (Å²) in [5, 5.41) is 8.74. The van der Waals surface area contributed by atoms with Gasteiger partial charge in [-0.3, -0.25) is 14.4 Å². The lowest BCUT2D eigenvalue weighted by molar-refractivity contribution is -0.139. The molecule has 1 aliphatic heterocycles. The molecule has 1 atom stereocenters. The van der Waals surface area contributed by atoms with Crippen molar-refractivity contribution in [1.29, 1.82) is 0 Å². The van der Waals surface area contributed by atoms with Crippen molar-refractivity contribution in [1.82, 2.24) is 25.7 Å². The van der Waals surface area contributed by atoms with Gasteiger partial charge in [0.25, 0.3) is 11.7 Å². The van der Waals surface area contributed by atoms with Crippen LogP contribution in [0.25, 0.3) is 0 Å². The van der Waals surface area contributed by atoms with Gasteiger partial charge in [0.05, 0.1) is 12.5 Å². The van der Waals surface area contributed by atoms with Gasteiger partial charge in [-0.25, -0.2) is 0 Å². The topological polar surface area (TPSA) is 117 Å². The van der Waals surface area contributed by atoms with E-state index in [1.54, 1.807) is 0 Å². The van der Waals surface area contributed by atoms with Gasteiger partial charge in [-0.2, -0.15) is 4.98 Å². The van der Waals surface area contributed by atoms with Crippen LogP contribution in [0.15, 0.2) is 4.52 Å². The number of nitrogens with one attached hydrogen (secondary N) is 2. The van der Waals surface area contributed by atoms with Crippen molar-refractivity contribution in [2.45, 2.75) is 51.5 Å². The van der Waals surface area contributed by atoms with E-state index in [-0.39, 0.29) is 36.0 Å². The minimum Gasteiger partial charge on any atom is -0.352 e. The third-order valence-corrected chi connectivity index (χ3v) is 5.39. The Kier molecular flexibility index (Phi) is 6.41. The normalized spacial score (nSPS) is 21.1. The zero-order valence-corrected chi connectivity index (χ0v) is 15.7. The third kappa shape index (κ3) is 5.05. The molecule has 3 rings (SSSR count). The number of rotatable bonds is 6. The molecule has 9 heteroatoms. The molecule has 1 saturated carbocycles. The van der Waals surface area contributed by atoms with Crippen LogP contribution in [0, 0.1) is 11.8 Å². The van der Waals surface area contributed by atoms with Crippen LogP contribution >= 0.6 is 0 Å². The number of carbonyl (C=O) groups is 3. The average Bonchev–Trinajstić information content (AvgIpc) is 3.17. The number of carbonyl (C=O) groups excluding carboxylic acids is 3. The van der Waals surface area contributed by atoms with E-state index < -0.39 is 5.91 Å². The number of hydrogen-bond acceptors (Lipinski definition) is 6. The fourth-order valence-electron chi connectivity index (χ4n) is 3.82. The van der Waals surface area contributed by atoms with Crippen molar-refractivity contribution in [3.8, 4) is 0 Å². The maximum absolute atomic E-state index is 12.5. The molecule has 3 amide bonds. The molecule has 1 unspecified atom stereocenters. The number of amides is 3. The molecule has 0 aromatic carbocycles. The molecule has 1 aromatic heterocycles. The summed E-state index contributed by atoms with van der Waals surface area (Å²) in [5.74, 6) is 0.0169. The average molecular weight is 377 g/mol. The predicted octanol–water partition coefficient (Wildman–Crippen LogP) is 0.864. The Morgan fingerprint density at radius 2 is 2.00 bits per heavy atom. The quantitative estimate of drug-likeness (QED) is 0.759. The second kappa shape index (κ2) is 8.96. The van der Waals surface area contributed by atoms with E-state index in [1.807, 2.05) is 4.90 Å². The van der Waals surface area contributed by atoms with Crippen molar-refractivity contribution in [3.63, 3.8) is 0 Å². The highest BCUT2D eigenvalue weighted by Crippen LogP contribution is 2.27. The molecule has 2 N–H and O–H groups in total. The van der Waals surface area contributed by atoms with E-state index in [4.69, 9.17) is 4.52 Å². The second-order valence-electron chi connectivity index (χ2n) is 7.35. The molecule has 0 spiro atoms. The lowest BCUT2D eigenvalue weighted by Gasteiger charge is -2.35. The van der Waals surface area contributed by atoms with Crippen LogP contribution in [0.5, 0.6) is 0 Å². The molecular formula is C18H27N5O4. The maximum atomic E-state index is 12.5. The molecule has 9 nitrogen and oxygen atoms in total. The molecule has 148 valence electrons. The molecule has 2 aliphatic rings. The van der Waals surface area contributed by atoms with E-state index in [2.05, 4.69) is 20.8 Å². The largest absolute Gasteiger partial charge is 0.352 e. The summed E-state index contributed by atoms with van der Waals surface area (Å²) in [7, 11) is 1.48. The highest BCUT2D eigenvalue weighted by Gasteiger charge is 2.31. The van der Waals surface area contributed by atoms with E-state index in [0.29, 0.717) is 25.3 Å². The first-order valence-corrected chi connectivity index (χ1v) is 9.67. The van der Waals surface area contributed by atoms with Gasteiger partial charge in [-0.05, 0) is 25.2 Å². The molecule has 1 saturated heterocycles. The van der Waals surface area contributed by atoms with E-state index in [0.717, 1.165) is 6.54 Å². The summed E-state index contributed by atoms with van der Waals surface area (Å²) in [6.07, 6.45) is 7.06. The van der Waals surface area contributed by atoms with Crippen molar-refractivity contribution < 1.29 is 18.9 Å². The molecular weight excluding hydrogens is 350 g/mol. The van der Waals surface area contributed by atoms with Crippen LogP contribution in [-0.2, 0) is 16.1 Å². The summed E-state index contributed by atoms with van der Waals surface area (Å²) in [5.41, 5.74) is 0. The van der Waals surface area contributed by atoms with Crippen molar-refractivity contribution >= 4 is 17.7 Å². The monoisotopic (exact) mass is 377 g/mol. The SMILES string of the molecule is CNC(=O)c1noc(CNC(=O)C2CCC(=O)N(CC3CCCCC3)C2)n1. The first kappa shape index (κ1) is 19.3. The van der Waals surface area contributed by atoms with Crippen LogP contribution in [-0.4, -0.2) is 52.9 Å². The van der Waals surface area contributed by atoms with Crippen molar-refractivity contribution in [2.24, 2.45) is 11.8 Å². The second-order valence-corrected chi connectivity index (χ2v) is 7.35. The molecule has 2 heterocycles. The first-order valence-electron chi connectivity index (χ1n) is 9.67. The zero-order chi connectivity index (χ0) is 19.2. The Morgan fingerprint density at radius 1 is 1.22 bits per heavy atom. The standard InChI is InChI=1S/C18H27N5O4/c1-19-18(26)16-21-14(27-22-16)9-20-17(25)13-7-8-15(24)23(11-13)10-12-5-3-2-4-6-12/h12-13H,2-11H2,1H3,(H,19,26)(H,20,25). The van der Waals surface area contributed by atoms with Gasteiger partial charge in [-0.1, -0.05) is 24.4 Å². The minimum absolute atomic E-state index is 0.0654. The maximum Gasteiger partial charge on any atom is 0.292 e. The lowest BCUT2D eigenvalue weighted by Crippen LogP contribution is -2.47. The number of hydrogen-bond donors (Lipinski definition) is 2.